The molecular weight excluding hydrogens is 356 g/mol. The highest BCUT2D eigenvalue weighted by Crippen LogP contribution is 2.38. The van der Waals surface area contributed by atoms with E-state index < -0.39 is 17.0 Å². The minimum Gasteiger partial charge on any atom is -0.478 e. The average Bonchev–Trinajstić information content (AvgIpc) is 3.12. The molecule has 0 radical (unpaired) electrons. The van der Waals surface area contributed by atoms with Crippen molar-refractivity contribution in [2.75, 3.05) is 6.54 Å². The number of hydrogen-bond acceptors (Lipinski definition) is 4. The quantitative estimate of drug-likeness (QED) is 0.790. The standard InChI is InChI=1S/C18H22N2O3S2/c1-2-20-25(23)16-10-13(18(21)22)8-9-14(16)15-11-19-17(24-15)12-6-4-3-5-7-12/h8-12,20H,2-7H2,1H3,(H,21,22). The molecule has 25 heavy (non-hydrogen) atoms. The van der Waals surface area contributed by atoms with E-state index in [9.17, 15) is 14.1 Å². The molecule has 0 bridgehead atoms. The summed E-state index contributed by atoms with van der Waals surface area (Å²) in [7, 11) is -1.45. The van der Waals surface area contributed by atoms with Gasteiger partial charge in [-0.05, 0) is 25.0 Å². The van der Waals surface area contributed by atoms with Crippen LogP contribution in [0.3, 0.4) is 0 Å². The molecule has 7 heteroatoms. The molecule has 1 fully saturated rings. The first-order valence-electron chi connectivity index (χ1n) is 8.59. The minimum atomic E-state index is -1.45. The van der Waals surface area contributed by atoms with E-state index in [4.69, 9.17) is 0 Å². The van der Waals surface area contributed by atoms with Crippen molar-refractivity contribution in [1.82, 2.24) is 9.71 Å². The van der Waals surface area contributed by atoms with Crippen molar-refractivity contribution in [3.63, 3.8) is 0 Å². The summed E-state index contributed by atoms with van der Waals surface area (Å²) in [6.07, 6.45) is 8.00. The lowest BCUT2D eigenvalue weighted by Crippen LogP contribution is -2.17. The molecule has 1 aromatic carbocycles. The molecule has 1 atom stereocenters. The van der Waals surface area contributed by atoms with Gasteiger partial charge in [0.05, 0.1) is 20.3 Å². The molecular formula is C18H22N2O3S2. The Kier molecular flexibility index (Phi) is 5.98. The normalized spacial score (nSPS) is 16.7. The van der Waals surface area contributed by atoms with E-state index in [-0.39, 0.29) is 5.56 Å². The van der Waals surface area contributed by atoms with E-state index in [2.05, 4.69) is 9.71 Å². The summed E-state index contributed by atoms with van der Waals surface area (Å²) in [5.41, 5.74) is 0.936. The lowest BCUT2D eigenvalue weighted by atomic mass is 9.90. The zero-order valence-electron chi connectivity index (χ0n) is 14.2. The summed E-state index contributed by atoms with van der Waals surface area (Å²) in [6, 6.07) is 4.80. The molecule has 2 N–H and O–H groups in total. The number of benzene rings is 1. The molecule has 1 aliphatic rings. The molecule has 1 unspecified atom stereocenters. The maximum atomic E-state index is 12.5. The maximum Gasteiger partial charge on any atom is 0.335 e. The number of carboxylic acid groups (broad SMARTS) is 1. The van der Waals surface area contributed by atoms with Crippen LogP contribution in [0.4, 0.5) is 0 Å². The van der Waals surface area contributed by atoms with Gasteiger partial charge in [0.15, 0.2) is 0 Å². The topological polar surface area (TPSA) is 79.3 Å². The molecule has 5 nitrogen and oxygen atoms in total. The molecule has 0 aliphatic heterocycles. The third-order valence-corrected chi connectivity index (χ3v) is 6.93. The second-order valence-electron chi connectivity index (χ2n) is 6.18. The summed E-state index contributed by atoms with van der Waals surface area (Å²) in [5.74, 6) is -0.498. The number of aromatic nitrogens is 1. The van der Waals surface area contributed by atoms with Crippen LogP contribution >= 0.6 is 11.3 Å². The molecule has 1 saturated carbocycles. The van der Waals surface area contributed by atoms with E-state index >= 15 is 0 Å². The Morgan fingerprint density at radius 3 is 2.80 bits per heavy atom. The molecule has 0 saturated heterocycles. The Hall–Kier alpha value is -1.57. The summed E-state index contributed by atoms with van der Waals surface area (Å²) in [5, 5.41) is 10.4. The molecule has 2 aromatic rings. The fourth-order valence-corrected chi connectivity index (χ4v) is 5.39. The Balaban J connectivity index is 1.96. The lowest BCUT2D eigenvalue weighted by Gasteiger charge is -2.18. The van der Waals surface area contributed by atoms with E-state index in [0.717, 1.165) is 15.4 Å². The average molecular weight is 379 g/mol. The monoisotopic (exact) mass is 378 g/mol. The summed E-state index contributed by atoms with van der Waals surface area (Å²) < 4.78 is 15.4. The van der Waals surface area contributed by atoms with Gasteiger partial charge < -0.3 is 5.11 Å². The number of carboxylic acids is 1. The van der Waals surface area contributed by atoms with Crippen molar-refractivity contribution >= 4 is 28.3 Å². The molecule has 0 spiro atoms. The number of aromatic carboxylic acids is 1. The number of nitrogens with one attached hydrogen (secondary N) is 1. The summed E-state index contributed by atoms with van der Waals surface area (Å²) in [4.78, 5) is 17.3. The number of rotatable bonds is 6. The van der Waals surface area contributed by atoms with Gasteiger partial charge in [0.2, 0.25) is 0 Å². The third kappa shape index (κ3) is 4.16. The molecule has 0 amide bonds. The first-order chi connectivity index (χ1) is 12.1. The predicted molar refractivity (Wildman–Crippen MR) is 100 cm³/mol. The molecule has 1 heterocycles. The lowest BCUT2D eigenvalue weighted by molar-refractivity contribution is 0.0696. The van der Waals surface area contributed by atoms with Crippen molar-refractivity contribution in [2.24, 2.45) is 0 Å². The van der Waals surface area contributed by atoms with Gasteiger partial charge in [0, 0.05) is 24.2 Å². The van der Waals surface area contributed by atoms with Gasteiger partial charge in [0.1, 0.15) is 11.0 Å². The third-order valence-electron chi connectivity index (χ3n) is 4.45. The molecule has 3 rings (SSSR count). The largest absolute Gasteiger partial charge is 0.478 e. The van der Waals surface area contributed by atoms with Crippen LogP contribution in [0.15, 0.2) is 29.3 Å². The second kappa shape index (κ2) is 8.21. The van der Waals surface area contributed by atoms with Gasteiger partial charge in [-0.3, -0.25) is 0 Å². The fraction of sp³-hybridized carbons (Fsp3) is 0.444. The number of nitrogens with zero attached hydrogens (tertiary/aromatic N) is 1. The highest BCUT2D eigenvalue weighted by Gasteiger charge is 2.21. The van der Waals surface area contributed by atoms with Crippen LogP contribution in [0.2, 0.25) is 0 Å². The molecule has 1 aliphatic carbocycles. The van der Waals surface area contributed by atoms with Crippen LogP contribution < -0.4 is 4.72 Å². The summed E-state index contributed by atoms with van der Waals surface area (Å²) >= 11 is 1.64. The molecule has 1 aromatic heterocycles. The highest BCUT2D eigenvalue weighted by atomic mass is 32.2. The summed E-state index contributed by atoms with van der Waals surface area (Å²) in [6.45, 7) is 2.41. The van der Waals surface area contributed by atoms with E-state index in [1.807, 2.05) is 13.1 Å². The first kappa shape index (κ1) is 18.2. The number of carbonyl (C=O) groups is 1. The Morgan fingerprint density at radius 1 is 1.36 bits per heavy atom. The van der Waals surface area contributed by atoms with Gasteiger partial charge in [-0.25, -0.2) is 18.7 Å². The van der Waals surface area contributed by atoms with Crippen LogP contribution in [0, 0.1) is 0 Å². The van der Waals surface area contributed by atoms with E-state index in [1.165, 1.54) is 38.2 Å². The van der Waals surface area contributed by atoms with Crippen molar-refractivity contribution in [2.45, 2.75) is 49.8 Å². The van der Waals surface area contributed by atoms with Gasteiger partial charge in [-0.1, -0.05) is 32.3 Å². The van der Waals surface area contributed by atoms with Crippen LogP contribution in [0.1, 0.15) is 60.3 Å². The van der Waals surface area contributed by atoms with Gasteiger partial charge >= 0.3 is 5.97 Å². The fourth-order valence-electron chi connectivity index (χ4n) is 3.17. The zero-order valence-corrected chi connectivity index (χ0v) is 15.8. The van der Waals surface area contributed by atoms with Crippen LogP contribution in [0.5, 0.6) is 0 Å². The Morgan fingerprint density at radius 2 is 2.12 bits per heavy atom. The van der Waals surface area contributed by atoms with E-state index in [0.29, 0.717) is 17.4 Å². The van der Waals surface area contributed by atoms with E-state index in [1.54, 1.807) is 23.5 Å². The van der Waals surface area contributed by atoms with Gasteiger partial charge in [-0.2, -0.15) is 0 Å². The van der Waals surface area contributed by atoms with Crippen molar-refractivity contribution < 1.29 is 14.1 Å². The number of thiazole rings is 1. The highest BCUT2D eigenvalue weighted by molar-refractivity contribution is 7.83. The number of hydrogen-bond donors (Lipinski definition) is 2. The van der Waals surface area contributed by atoms with Crippen molar-refractivity contribution in [3.05, 3.63) is 35.0 Å². The van der Waals surface area contributed by atoms with Gasteiger partial charge in [0.25, 0.3) is 0 Å². The van der Waals surface area contributed by atoms with Crippen LogP contribution in [-0.4, -0.2) is 26.8 Å². The SMILES string of the molecule is CCNS(=O)c1cc(C(=O)O)ccc1-c1cnc(C2CCCCC2)s1. The second-order valence-corrected chi connectivity index (χ2v) is 8.51. The smallest absolute Gasteiger partial charge is 0.335 e. The first-order valence-corrected chi connectivity index (χ1v) is 10.6. The van der Waals surface area contributed by atoms with Crippen molar-refractivity contribution in [3.8, 4) is 10.4 Å². The van der Waals surface area contributed by atoms with Gasteiger partial charge in [-0.15, -0.1) is 11.3 Å². The predicted octanol–water partition coefficient (Wildman–Crippen LogP) is 4.19. The minimum absolute atomic E-state index is 0.141. The Bertz CT molecular complexity index is 782. The van der Waals surface area contributed by atoms with Crippen molar-refractivity contribution in [1.29, 1.82) is 0 Å². The van der Waals surface area contributed by atoms with Crippen LogP contribution in [-0.2, 0) is 11.0 Å². The molecule has 134 valence electrons. The van der Waals surface area contributed by atoms with Crippen LogP contribution in [0.25, 0.3) is 10.4 Å². The maximum absolute atomic E-state index is 12.5. The Labute approximate surface area is 154 Å². The zero-order chi connectivity index (χ0) is 17.8.